The van der Waals surface area contributed by atoms with Crippen LogP contribution in [0.25, 0.3) is 0 Å². The number of aliphatic carboxylic acids is 1. The third-order valence-corrected chi connectivity index (χ3v) is 2.02. The molecule has 0 aliphatic carbocycles. The lowest BCUT2D eigenvalue weighted by molar-refractivity contribution is -0.143. The number of nitrogens with two attached hydrogens (primary N) is 1. The summed E-state index contributed by atoms with van der Waals surface area (Å²) in [5, 5.41) is 8.54. The predicted octanol–water partition coefficient (Wildman–Crippen LogP) is 1.61. The molecule has 5 heteroatoms. The number of hydrogen-bond donors (Lipinski definition) is 2. The largest absolute Gasteiger partial charge is 0.480 e. The van der Waals surface area contributed by atoms with Crippen LogP contribution >= 0.6 is 0 Å². The monoisotopic (exact) mass is 195 g/mol. The summed E-state index contributed by atoms with van der Waals surface area (Å²) in [5.74, 6) is -4.06. The summed E-state index contributed by atoms with van der Waals surface area (Å²) < 4.78 is 25.4. The number of rotatable bonds is 5. The number of carbonyl (C=O) groups is 1. The van der Waals surface area contributed by atoms with Crippen LogP contribution < -0.4 is 5.73 Å². The molecular weight excluding hydrogens is 180 g/mol. The van der Waals surface area contributed by atoms with Gasteiger partial charge in [-0.3, -0.25) is 4.79 Å². The summed E-state index contributed by atoms with van der Waals surface area (Å²) in [4.78, 5) is 10.5. The minimum atomic E-state index is -2.81. The lowest BCUT2D eigenvalue weighted by atomic mass is 9.94. The first-order chi connectivity index (χ1) is 5.71. The van der Waals surface area contributed by atoms with E-state index in [1.165, 1.54) is 13.8 Å². The topological polar surface area (TPSA) is 63.3 Å². The minimum absolute atomic E-state index is 0.219. The van der Waals surface area contributed by atoms with E-state index in [0.717, 1.165) is 0 Å². The Labute approximate surface area is 75.9 Å². The Morgan fingerprint density at radius 1 is 1.46 bits per heavy atom. The molecule has 0 heterocycles. The first-order valence-electron chi connectivity index (χ1n) is 4.11. The maximum absolute atomic E-state index is 12.7. The smallest absolute Gasteiger partial charge is 0.323 e. The van der Waals surface area contributed by atoms with Gasteiger partial charge in [0.1, 0.15) is 5.54 Å². The van der Waals surface area contributed by atoms with Crippen molar-refractivity contribution in [3.8, 4) is 0 Å². The molecule has 0 aromatic heterocycles. The Morgan fingerprint density at radius 2 is 1.92 bits per heavy atom. The molecule has 3 N–H and O–H groups in total. The van der Waals surface area contributed by atoms with E-state index >= 15 is 0 Å². The molecule has 0 aromatic carbocycles. The van der Waals surface area contributed by atoms with Crippen LogP contribution in [-0.4, -0.2) is 22.5 Å². The number of carboxylic acids is 1. The van der Waals surface area contributed by atoms with E-state index in [-0.39, 0.29) is 12.8 Å². The second kappa shape index (κ2) is 4.00. The SMILES string of the molecule is CCC(F)(F)CC[C@](C)(N)C(=O)O. The lowest BCUT2D eigenvalue weighted by Crippen LogP contribution is -2.45. The first kappa shape index (κ1) is 12.3. The van der Waals surface area contributed by atoms with Crippen molar-refractivity contribution in [2.24, 2.45) is 5.73 Å². The Morgan fingerprint density at radius 3 is 2.23 bits per heavy atom. The fourth-order valence-electron chi connectivity index (χ4n) is 0.726. The Balaban J connectivity index is 4.09. The summed E-state index contributed by atoms with van der Waals surface area (Å²) >= 11 is 0. The minimum Gasteiger partial charge on any atom is -0.480 e. The Kier molecular flexibility index (Phi) is 3.78. The molecule has 0 fully saturated rings. The molecule has 0 saturated heterocycles. The van der Waals surface area contributed by atoms with Crippen LogP contribution in [0.5, 0.6) is 0 Å². The highest BCUT2D eigenvalue weighted by Crippen LogP contribution is 2.26. The average molecular weight is 195 g/mol. The van der Waals surface area contributed by atoms with Crippen LogP contribution in [-0.2, 0) is 4.79 Å². The quantitative estimate of drug-likeness (QED) is 0.700. The lowest BCUT2D eigenvalue weighted by Gasteiger charge is -2.22. The molecule has 0 saturated carbocycles. The van der Waals surface area contributed by atoms with Crippen molar-refractivity contribution < 1.29 is 18.7 Å². The number of carboxylic acid groups (broad SMARTS) is 1. The van der Waals surface area contributed by atoms with Gasteiger partial charge in [0, 0.05) is 12.8 Å². The standard InChI is InChI=1S/C8H15F2NO2/c1-3-8(9,10)5-4-7(2,11)6(12)13/h3-5,11H2,1-2H3,(H,12,13)/t7-/m0/s1. The summed E-state index contributed by atoms with van der Waals surface area (Å²) in [5.41, 5.74) is 3.73. The Bertz CT molecular complexity index is 193. The third-order valence-electron chi connectivity index (χ3n) is 2.02. The molecule has 0 unspecified atom stereocenters. The van der Waals surface area contributed by atoms with Gasteiger partial charge in [-0.25, -0.2) is 8.78 Å². The number of alkyl halides is 2. The molecule has 78 valence electrons. The molecule has 3 nitrogen and oxygen atoms in total. The summed E-state index contributed by atoms with van der Waals surface area (Å²) in [6.07, 6.45) is -0.991. The molecule has 0 aliphatic rings. The highest BCUT2D eigenvalue weighted by molar-refractivity contribution is 5.77. The van der Waals surface area contributed by atoms with Crippen LogP contribution in [0.15, 0.2) is 0 Å². The fraction of sp³-hybridized carbons (Fsp3) is 0.875. The van der Waals surface area contributed by atoms with Crippen molar-refractivity contribution >= 4 is 5.97 Å². The zero-order chi connectivity index (χ0) is 10.7. The van der Waals surface area contributed by atoms with Gasteiger partial charge >= 0.3 is 5.97 Å². The van der Waals surface area contributed by atoms with Gasteiger partial charge in [-0.05, 0) is 13.3 Å². The highest BCUT2D eigenvalue weighted by Gasteiger charge is 2.34. The van der Waals surface area contributed by atoms with Gasteiger partial charge in [0.25, 0.3) is 0 Å². The normalized spacial score (nSPS) is 16.7. The van der Waals surface area contributed by atoms with Gasteiger partial charge in [0.15, 0.2) is 0 Å². The number of hydrogen-bond acceptors (Lipinski definition) is 2. The van der Waals surface area contributed by atoms with Crippen LogP contribution in [0.3, 0.4) is 0 Å². The zero-order valence-corrected chi connectivity index (χ0v) is 7.81. The zero-order valence-electron chi connectivity index (χ0n) is 7.81. The van der Waals surface area contributed by atoms with Gasteiger partial charge in [0.05, 0.1) is 0 Å². The molecule has 0 spiro atoms. The van der Waals surface area contributed by atoms with E-state index in [2.05, 4.69) is 0 Å². The molecule has 0 amide bonds. The van der Waals surface area contributed by atoms with Crippen LogP contribution in [0, 0.1) is 0 Å². The van der Waals surface area contributed by atoms with Crippen LogP contribution in [0.4, 0.5) is 8.78 Å². The fourth-order valence-corrected chi connectivity index (χ4v) is 0.726. The van der Waals surface area contributed by atoms with Crippen molar-refractivity contribution in [2.45, 2.75) is 44.6 Å². The highest BCUT2D eigenvalue weighted by atomic mass is 19.3. The first-order valence-corrected chi connectivity index (χ1v) is 4.11. The van der Waals surface area contributed by atoms with Crippen LogP contribution in [0.1, 0.15) is 33.1 Å². The van der Waals surface area contributed by atoms with Crippen molar-refractivity contribution in [1.82, 2.24) is 0 Å². The van der Waals surface area contributed by atoms with Crippen molar-refractivity contribution in [3.63, 3.8) is 0 Å². The molecule has 0 rings (SSSR count). The maximum atomic E-state index is 12.7. The van der Waals surface area contributed by atoms with E-state index < -0.39 is 23.9 Å². The van der Waals surface area contributed by atoms with Crippen molar-refractivity contribution in [3.05, 3.63) is 0 Å². The molecule has 0 aromatic rings. The van der Waals surface area contributed by atoms with Gasteiger partial charge in [-0.1, -0.05) is 6.92 Å². The van der Waals surface area contributed by atoms with Gasteiger partial charge in [-0.15, -0.1) is 0 Å². The second-order valence-electron chi connectivity index (χ2n) is 3.43. The Hall–Kier alpha value is -0.710. The van der Waals surface area contributed by atoms with Gasteiger partial charge in [0.2, 0.25) is 5.92 Å². The second-order valence-corrected chi connectivity index (χ2v) is 3.43. The molecule has 13 heavy (non-hydrogen) atoms. The van der Waals surface area contributed by atoms with Gasteiger partial charge < -0.3 is 10.8 Å². The summed E-state index contributed by atoms with van der Waals surface area (Å²) in [6, 6.07) is 0. The average Bonchev–Trinajstić information content (AvgIpc) is 2.01. The van der Waals surface area contributed by atoms with Crippen molar-refractivity contribution in [1.29, 1.82) is 0 Å². The van der Waals surface area contributed by atoms with E-state index in [1.54, 1.807) is 0 Å². The molecule has 0 bridgehead atoms. The molecule has 1 atom stereocenters. The summed E-state index contributed by atoms with van der Waals surface area (Å²) in [7, 11) is 0. The number of halogens is 2. The van der Waals surface area contributed by atoms with Crippen molar-refractivity contribution in [2.75, 3.05) is 0 Å². The molecule has 0 radical (unpaired) electrons. The van der Waals surface area contributed by atoms with Crippen LogP contribution in [0.2, 0.25) is 0 Å². The molecular formula is C8H15F2NO2. The maximum Gasteiger partial charge on any atom is 0.323 e. The van der Waals surface area contributed by atoms with E-state index in [4.69, 9.17) is 10.8 Å². The van der Waals surface area contributed by atoms with E-state index in [9.17, 15) is 13.6 Å². The molecule has 0 aliphatic heterocycles. The van der Waals surface area contributed by atoms with E-state index in [0.29, 0.717) is 0 Å². The van der Waals surface area contributed by atoms with E-state index in [1.807, 2.05) is 0 Å². The van der Waals surface area contributed by atoms with Gasteiger partial charge in [-0.2, -0.15) is 0 Å². The summed E-state index contributed by atoms with van der Waals surface area (Å²) in [6.45, 7) is 2.59. The predicted molar refractivity (Wildman–Crippen MR) is 44.7 cm³/mol. The third kappa shape index (κ3) is 4.17.